The van der Waals surface area contributed by atoms with Crippen LogP contribution in [-0.4, -0.2) is 47.3 Å². The number of para-hydroxylation sites is 2. The molecule has 126 valence electrons. The lowest BCUT2D eigenvalue weighted by atomic mass is 10.2. The van der Waals surface area contributed by atoms with Crippen molar-refractivity contribution in [3.8, 4) is 11.5 Å². The van der Waals surface area contributed by atoms with Crippen LogP contribution in [0.4, 0.5) is 0 Å². The van der Waals surface area contributed by atoms with Gasteiger partial charge in [0, 0.05) is 13.1 Å². The number of phenolic OH excluding ortho intramolecular Hbond substituents is 1. The SMILES string of the molecule is O=C(COc1ccccc1O)N(C/C=C/c1ccccc1)CCO. The number of nitrogens with zero attached hydrogens (tertiary/aromatic N) is 1. The monoisotopic (exact) mass is 327 g/mol. The summed E-state index contributed by atoms with van der Waals surface area (Å²) in [5.74, 6) is -0.0115. The van der Waals surface area contributed by atoms with Crippen molar-refractivity contribution < 1.29 is 19.7 Å². The molecule has 0 radical (unpaired) electrons. The highest BCUT2D eigenvalue weighted by Gasteiger charge is 2.13. The van der Waals surface area contributed by atoms with E-state index in [1.807, 2.05) is 42.5 Å². The van der Waals surface area contributed by atoms with Crippen LogP contribution >= 0.6 is 0 Å². The molecule has 1 amide bonds. The Labute approximate surface area is 141 Å². The van der Waals surface area contributed by atoms with E-state index < -0.39 is 0 Å². The summed E-state index contributed by atoms with van der Waals surface area (Å²) in [6, 6.07) is 16.2. The molecule has 0 saturated heterocycles. The zero-order valence-electron chi connectivity index (χ0n) is 13.3. The van der Waals surface area contributed by atoms with Gasteiger partial charge in [-0.25, -0.2) is 0 Å². The molecule has 0 fully saturated rings. The Morgan fingerprint density at radius 2 is 1.79 bits per heavy atom. The van der Waals surface area contributed by atoms with Gasteiger partial charge in [-0.3, -0.25) is 4.79 Å². The first-order valence-electron chi connectivity index (χ1n) is 7.71. The van der Waals surface area contributed by atoms with Crippen LogP contribution in [0.2, 0.25) is 0 Å². The number of hydrogen-bond acceptors (Lipinski definition) is 4. The van der Waals surface area contributed by atoms with Gasteiger partial charge in [-0.1, -0.05) is 54.6 Å². The minimum absolute atomic E-state index is 0.0111. The predicted molar refractivity (Wildman–Crippen MR) is 92.7 cm³/mol. The standard InChI is InChI=1S/C19H21NO4/c21-14-13-20(12-6-9-16-7-2-1-3-8-16)19(23)15-24-18-11-5-4-10-17(18)22/h1-11,21-22H,12-15H2/b9-6+. The Bertz CT molecular complexity index is 670. The third-order valence-electron chi connectivity index (χ3n) is 3.37. The zero-order valence-corrected chi connectivity index (χ0v) is 13.3. The van der Waals surface area contributed by atoms with Crippen molar-refractivity contribution in [3.05, 3.63) is 66.2 Å². The molecule has 0 bridgehead atoms. The Morgan fingerprint density at radius 1 is 1.08 bits per heavy atom. The van der Waals surface area contributed by atoms with Crippen molar-refractivity contribution in [2.45, 2.75) is 0 Å². The van der Waals surface area contributed by atoms with Crippen LogP contribution in [0.5, 0.6) is 11.5 Å². The molecule has 0 saturated carbocycles. The van der Waals surface area contributed by atoms with Crippen molar-refractivity contribution in [2.24, 2.45) is 0 Å². The summed E-state index contributed by atoms with van der Waals surface area (Å²) in [6.45, 7) is 0.277. The number of aliphatic hydroxyl groups is 1. The van der Waals surface area contributed by atoms with E-state index in [1.165, 1.54) is 11.0 Å². The minimum atomic E-state index is -0.259. The summed E-state index contributed by atoms with van der Waals surface area (Å²) in [5.41, 5.74) is 1.04. The van der Waals surface area contributed by atoms with Crippen LogP contribution in [0.25, 0.3) is 6.08 Å². The first-order valence-corrected chi connectivity index (χ1v) is 7.71. The van der Waals surface area contributed by atoms with Crippen molar-refractivity contribution >= 4 is 12.0 Å². The van der Waals surface area contributed by atoms with E-state index in [-0.39, 0.29) is 37.2 Å². The Morgan fingerprint density at radius 3 is 2.50 bits per heavy atom. The molecule has 5 heteroatoms. The number of amides is 1. The Kier molecular flexibility index (Phi) is 6.86. The van der Waals surface area contributed by atoms with Gasteiger partial charge in [-0.15, -0.1) is 0 Å². The third kappa shape index (κ3) is 5.44. The summed E-state index contributed by atoms with van der Waals surface area (Å²) in [7, 11) is 0. The summed E-state index contributed by atoms with van der Waals surface area (Å²) < 4.78 is 5.34. The number of carbonyl (C=O) groups excluding carboxylic acids is 1. The van der Waals surface area contributed by atoms with Gasteiger partial charge < -0.3 is 19.8 Å². The molecule has 2 rings (SSSR count). The maximum Gasteiger partial charge on any atom is 0.260 e. The van der Waals surface area contributed by atoms with E-state index in [0.29, 0.717) is 6.54 Å². The number of phenols is 1. The maximum atomic E-state index is 12.2. The molecule has 0 aliphatic rings. The smallest absolute Gasteiger partial charge is 0.260 e. The summed E-state index contributed by atoms with van der Waals surface area (Å²) in [6.07, 6.45) is 3.78. The Hall–Kier alpha value is -2.79. The van der Waals surface area contributed by atoms with Crippen molar-refractivity contribution in [2.75, 3.05) is 26.3 Å². The Balaban J connectivity index is 1.90. The number of ether oxygens (including phenoxy) is 1. The number of carbonyl (C=O) groups is 1. The second-order valence-electron chi connectivity index (χ2n) is 5.13. The van der Waals surface area contributed by atoms with Gasteiger partial charge in [0.2, 0.25) is 0 Å². The minimum Gasteiger partial charge on any atom is -0.504 e. The van der Waals surface area contributed by atoms with Crippen molar-refractivity contribution in [1.29, 1.82) is 0 Å². The molecule has 0 heterocycles. The summed E-state index contributed by atoms with van der Waals surface area (Å²) in [4.78, 5) is 13.7. The van der Waals surface area contributed by atoms with Crippen LogP contribution < -0.4 is 4.74 Å². The van der Waals surface area contributed by atoms with Crippen LogP contribution in [0.3, 0.4) is 0 Å². The average molecular weight is 327 g/mol. The lowest BCUT2D eigenvalue weighted by Gasteiger charge is -2.20. The molecule has 2 aromatic rings. The molecular formula is C19H21NO4. The molecule has 2 aromatic carbocycles. The fourth-order valence-corrected chi connectivity index (χ4v) is 2.13. The number of rotatable bonds is 8. The molecule has 0 aromatic heterocycles. The lowest BCUT2D eigenvalue weighted by molar-refractivity contribution is -0.133. The fourth-order valence-electron chi connectivity index (χ4n) is 2.13. The number of benzene rings is 2. The average Bonchev–Trinajstić information content (AvgIpc) is 2.61. The van der Waals surface area contributed by atoms with E-state index in [1.54, 1.807) is 18.2 Å². The predicted octanol–water partition coefficient (Wildman–Crippen LogP) is 2.31. The highest BCUT2D eigenvalue weighted by Crippen LogP contribution is 2.24. The molecule has 2 N–H and O–H groups in total. The van der Waals surface area contributed by atoms with Gasteiger partial charge in [0.1, 0.15) is 0 Å². The normalized spacial score (nSPS) is 10.7. The van der Waals surface area contributed by atoms with E-state index in [9.17, 15) is 9.90 Å². The van der Waals surface area contributed by atoms with Gasteiger partial charge >= 0.3 is 0 Å². The summed E-state index contributed by atoms with van der Waals surface area (Å²) in [5, 5.41) is 18.8. The van der Waals surface area contributed by atoms with Gasteiger partial charge in [0.05, 0.1) is 6.61 Å². The number of aliphatic hydroxyl groups excluding tert-OH is 1. The highest BCUT2D eigenvalue weighted by molar-refractivity contribution is 5.78. The third-order valence-corrected chi connectivity index (χ3v) is 3.37. The largest absolute Gasteiger partial charge is 0.504 e. The van der Waals surface area contributed by atoms with Gasteiger partial charge in [0.15, 0.2) is 18.1 Å². The molecule has 0 aliphatic heterocycles. The molecule has 24 heavy (non-hydrogen) atoms. The first-order chi connectivity index (χ1) is 11.7. The molecule has 0 unspecified atom stereocenters. The van der Waals surface area contributed by atoms with Gasteiger partial charge in [0.25, 0.3) is 5.91 Å². The maximum absolute atomic E-state index is 12.2. The number of aromatic hydroxyl groups is 1. The van der Waals surface area contributed by atoms with Crippen LogP contribution in [0.1, 0.15) is 5.56 Å². The van der Waals surface area contributed by atoms with Gasteiger partial charge in [-0.2, -0.15) is 0 Å². The molecular weight excluding hydrogens is 306 g/mol. The topological polar surface area (TPSA) is 70.0 Å². The van der Waals surface area contributed by atoms with E-state index in [0.717, 1.165) is 5.56 Å². The van der Waals surface area contributed by atoms with E-state index in [4.69, 9.17) is 9.84 Å². The highest BCUT2D eigenvalue weighted by atomic mass is 16.5. The van der Waals surface area contributed by atoms with Crippen molar-refractivity contribution in [3.63, 3.8) is 0 Å². The lowest BCUT2D eigenvalue weighted by Crippen LogP contribution is -2.37. The van der Waals surface area contributed by atoms with E-state index >= 15 is 0 Å². The van der Waals surface area contributed by atoms with E-state index in [2.05, 4.69) is 0 Å². The zero-order chi connectivity index (χ0) is 17.2. The second-order valence-corrected chi connectivity index (χ2v) is 5.13. The quantitative estimate of drug-likeness (QED) is 0.780. The van der Waals surface area contributed by atoms with Crippen LogP contribution in [0, 0.1) is 0 Å². The second kappa shape index (κ2) is 9.37. The molecule has 0 spiro atoms. The molecule has 0 atom stereocenters. The molecule has 0 aliphatic carbocycles. The van der Waals surface area contributed by atoms with Crippen molar-refractivity contribution in [1.82, 2.24) is 4.90 Å². The molecule has 5 nitrogen and oxygen atoms in total. The fraction of sp³-hybridized carbons (Fsp3) is 0.211. The number of hydrogen-bond donors (Lipinski definition) is 2. The summed E-state index contributed by atoms with van der Waals surface area (Å²) >= 11 is 0. The first kappa shape index (κ1) is 17.6. The van der Waals surface area contributed by atoms with Gasteiger partial charge in [-0.05, 0) is 17.7 Å². The van der Waals surface area contributed by atoms with Crippen LogP contribution in [0.15, 0.2) is 60.7 Å². The van der Waals surface area contributed by atoms with Crippen LogP contribution in [-0.2, 0) is 4.79 Å².